The lowest BCUT2D eigenvalue weighted by atomic mass is 10.1. The lowest BCUT2D eigenvalue weighted by Gasteiger charge is -2.27. The molecule has 0 aromatic heterocycles. The zero-order valence-electron chi connectivity index (χ0n) is 11.2. The number of benzene rings is 1. The Morgan fingerprint density at radius 3 is 2.53 bits per heavy atom. The van der Waals surface area contributed by atoms with Crippen LogP contribution < -0.4 is 0 Å². The first-order valence-corrected chi connectivity index (χ1v) is 6.25. The maximum atomic E-state index is 9.80. The van der Waals surface area contributed by atoms with Crippen molar-refractivity contribution in [2.45, 2.75) is 31.2 Å². The molecule has 1 aliphatic heterocycles. The number of hydrogen-bond donors (Lipinski definition) is 1. The molecule has 1 N–H and O–H groups in total. The van der Waals surface area contributed by atoms with Gasteiger partial charge in [-0.15, -0.1) is 0 Å². The standard InChI is InChI=1S/C14H20O5/c1-16-14(17-2)8-12(19-13(14)15)10-18-9-11-6-4-3-5-7-11/h3-7,12-13,15H,8-10H2,1-2H3. The van der Waals surface area contributed by atoms with E-state index in [9.17, 15) is 5.11 Å². The van der Waals surface area contributed by atoms with Crippen LogP contribution in [0.25, 0.3) is 0 Å². The normalized spacial score (nSPS) is 25.6. The molecule has 0 bridgehead atoms. The molecular weight excluding hydrogens is 248 g/mol. The molecule has 5 heteroatoms. The minimum Gasteiger partial charge on any atom is -0.374 e. The summed E-state index contributed by atoms with van der Waals surface area (Å²) in [5.74, 6) is -1.08. The van der Waals surface area contributed by atoms with Crippen LogP contribution in [-0.2, 0) is 25.6 Å². The smallest absolute Gasteiger partial charge is 0.222 e. The summed E-state index contributed by atoms with van der Waals surface area (Å²) >= 11 is 0. The molecule has 2 atom stereocenters. The van der Waals surface area contributed by atoms with Crippen LogP contribution in [0.3, 0.4) is 0 Å². The number of rotatable bonds is 6. The molecule has 0 saturated carbocycles. The summed E-state index contributed by atoms with van der Waals surface area (Å²) in [6, 6.07) is 9.90. The van der Waals surface area contributed by atoms with Gasteiger partial charge in [0, 0.05) is 20.6 Å². The van der Waals surface area contributed by atoms with Gasteiger partial charge in [-0.2, -0.15) is 0 Å². The molecular formula is C14H20O5. The Labute approximate surface area is 113 Å². The van der Waals surface area contributed by atoms with Crippen molar-refractivity contribution >= 4 is 0 Å². The lowest BCUT2D eigenvalue weighted by molar-refractivity contribution is -0.287. The van der Waals surface area contributed by atoms with Crippen LogP contribution in [0.1, 0.15) is 12.0 Å². The summed E-state index contributed by atoms with van der Waals surface area (Å²) in [6.45, 7) is 0.907. The van der Waals surface area contributed by atoms with E-state index < -0.39 is 12.1 Å². The Hall–Kier alpha value is -0.980. The fourth-order valence-corrected chi connectivity index (χ4v) is 2.18. The molecule has 0 aliphatic carbocycles. The second kappa shape index (κ2) is 6.45. The van der Waals surface area contributed by atoms with Crippen LogP contribution in [0.4, 0.5) is 0 Å². The molecule has 1 aromatic carbocycles. The minimum absolute atomic E-state index is 0.237. The monoisotopic (exact) mass is 268 g/mol. The first kappa shape index (κ1) is 14.4. The molecule has 2 rings (SSSR count). The molecule has 0 amide bonds. The van der Waals surface area contributed by atoms with Crippen molar-refractivity contribution < 1.29 is 24.1 Å². The summed E-state index contributed by atoms with van der Waals surface area (Å²) in [4.78, 5) is 0. The predicted molar refractivity (Wildman–Crippen MR) is 68.3 cm³/mol. The van der Waals surface area contributed by atoms with Crippen LogP contribution in [0.5, 0.6) is 0 Å². The quantitative estimate of drug-likeness (QED) is 0.788. The van der Waals surface area contributed by atoms with Gasteiger partial charge >= 0.3 is 0 Å². The van der Waals surface area contributed by atoms with E-state index >= 15 is 0 Å². The zero-order chi connectivity index (χ0) is 13.7. The molecule has 0 spiro atoms. The Morgan fingerprint density at radius 2 is 1.95 bits per heavy atom. The second-order valence-corrected chi connectivity index (χ2v) is 4.54. The number of aliphatic hydroxyl groups excluding tert-OH is 1. The third kappa shape index (κ3) is 3.32. The van der Waals surface area contributed by atoms with Gasteiger partial charge in [0.05, 0.1) is 19.3 Å². The predicted octanol–water partition coefficient (Wildman–Crippen LogP) is 1.30. The molecule has 1 saturated heterocycles. The highest BCUT2D eigenvalue weighted by molar-refractivity contribution is 5.13. The van der Waals surface area contributed by atoms with Gasteiger partial charge < -0.3 is 24.1 Å². The third-order valence-corrected chi connectivity index (χ3v) is 3.32. The number of methoxy groups -OCH3 is 2. The Kier molecular flexibility index (Phi) is 4.90. The van der Waals surface area contributed by atoms with Crippen molar-refractivity contribution in [1.82, 2.24) is 0 Å². The summed E-state index contributed by atoms with van der Waals surface area (Å²) in [5.41, 5.74) is 1.10. The second-order valence-electron chi connectivity index (χ2n) is 4.54. The molecule has 1 aliphatic rings. The SMILES string of the molecule is COC1(OC)CC(COCc2ccccc2)OC1O. The van der Waals surface area contributed by atoms with Crippen molar-refractivity contribution in [3.63, 3.8) is 0 Å². The Balaban J connectivity index is 1.79. The largest absolute Gasteiger partial charge is 0.374 e. The van der Waals surface area contributed by atoms with Crippen molar-refractivity contribution in [3.05, 3.63) is 35.9 Å². The number of hydrogen-bond acceptors (Lipinski definition) is 5. The maximum Gasteiger partial charge on any atom is 0.222 e. The molecule has 1 fully saturated rings. The van der Waals surface area contributed by atoms with Crippen molar-refractivity contribution in [2.75, 3.05) is 20.8 Å². The number of aliphatic hydroxyl groups is 1. The summed E-state index contributed by atoms with van der Waals surface area (Å²) in [7, 11) is 2.98. The van der Waals surface area contributed by atoms with E-state index in [1.54, 1.807) is 0 Å². The van der Waals surface area contributed by atoms with Gasteiger partial charge in [-0.1, -0.05) is 30.3 Å². The van der Waals surface area contributed by atoms with Crippen LogP contribution in [-0.4, -0.2) is 44.1 Å². The fraction of sp³-hybridized carbons (Fsp3) is 0.571. The third-order valence-electron chi connectivity index (χ3n) is 3.32. The van der Waals surface area contributed by atoms with Gasteiger partial charge in [-0.25, -0.2) is 0 Å². The Bertz CT molecular complexity index is 377. The van der Waals surface area contributed by atoms with Crippen LogP contribution in [0.2, 0.25) is 0 Å². The first-order valence-electron chi connectivity index (χ1n) is 6.25. The summed E-state index contributed by atoms with van der Waals surface area (Å²) in [6.07, 6.45) is -0.887. The molecule has 5 nitrogen and oxygen atoms in total. The van der Waals surface area contributed by atoms with Crippen molar-refractivity contribution in [3.8, 4) is 0 Å². The van der Waals surface area contributed by atoms with Crippen LogP contribution in [0, 0.1) is 0 Å². The average molecular weight is 268 g/mol. The van der Waals surface area contributed by atoms with Crippen molar-refractivity contribution in [2.24, 2.45) is 0 Å². The zero-order valence-corrected chi connectivity index (χ0v) is 11.2. The van der Waals surface area contributed by atoms with Gasteiger partial charge in [0.15, 0.2) is 0 Å². The molecule has 0 radical (unpaired) electrons. The lowest BCUT2D eigenvalue weighted by Crippen LogP contribution is -2.42. The maximum absolute atomic E-state index is 9.80. The molecule has 1 aromatic rings. The van der Waals surface area contributed by atoms with E-state index in [0.717, 1.165) is 5.56 Å². The van der Waals surface area contributed by atoms with E-state index in [1.165, 1.54) is 14.2 Å². The molecule has 19 heavy (non-hydrogen) atoms. The molecule has 1 heterocycles. The highest BCUT2D eigenvalue weighted by Gasteiger charge is 2.49. The van der Waals surface area contributed by atoms with E-state index in [4.69, 9.17) is 18.9 Å². The molecule has 106 valence electrons. The van der Waals surface area contributed by atoms with E-state index in [-0.39, 0.29) is 6.10 Å². The van der Waals surface area contributed by atoms with Gasteiger partial charge in [-0.05, 0) is 5.56 Å². The van der Waals surface area contributed by atoms with E-state index in [2.05, 4.69) is 0 Å². The van der Waals surface area contributed by atoms with Gasteiger partial charge in [0.1, 0.15) is 0 Å². The highest BCUT2D eigenvalue weighted by atomic mass is 16.8. The van der Waals surface area contributed by atoms with Gasteiger partial charge in [-0.3, -0.25) is 0 Å². The van der Waals surface area contributed by atoms with Crippen LogP contribution >= 0.6 is 0 Å². The van der Waals surface area contributed by atoms with Crippen LogP contribution in [0.15, 0.2) is 30.3 Å². The molecule has 2 unspecified atom stereocenters. The van der Waals surface area contributed by atoms with E-state index in [0.29, 0.717) is 19.6 Å². The number of ether oxygens (including phenoxy) is 4. The fourth-order valence-electron chi connectivity index (χ4n) is 2.18. The minimum atomic E-state index is -1.09. The van der Waals surface area contributed by atoms with Gasteiger partial charge in [0.2, 0.25) is 12.1 Å². The highest BCUT2D eigenvalue weighted by Crippen LogP contribution is 2.33. The van der Waals surface area contributed by atoms with Crippen molar-refractivity contribution in [1.29, 1.82) is 0 Å². The topological polar surface area (TPSA) is 57.2 Å². The summed E-state index contributed by atoms with van der Waals surface area (Å²) < 4.78 is 21.4. The van der Waals surface area contributed by atoms with E-state index in [1.807, 2.05) is 30.3 Å². The average Bonchev–Trinajstić information content (AvgIpc) is 2.77. The van der Waals surface area contributed by atoms with Gasteiger partial charge in [0.25, 0.3) is 0 Å². The first-order chi connectivity index (χ1) is 9.20. The Morgan fingerprint density at radius 1 is 1.26 bits per heavy atom. The summed E-state index contributed by atoms with van der Waals surface area (Å²) in [5, 5.41) is 9.80.